The normalized spacial score (nSPS) is 15.2. The Bertz CT molecular complexity index is 1030. The smallest absolute Gasteiger partial charge is 0.329 e. The summed E-state index contributed by atoms with van der Waals surface area (Å²) in [6, 6.07) is 3.94. The molecule has 1 aliphatic rings. The molecule has 3 aromatic rings. The van der Waals surface area contributed by atoms with Crippen molar-refractivity contribution < 1.29 is 9.47 Å². The molecule has 1 saturated heterocycles. The third-order valence-electron chi connectivity index (χ3n) is 5.09. The largest absolute Gasteiger partial charge is 0.481 e. The van der Waals surface area contributed by atoms with Gasteiger partial charge in [-0.25, -0.2) is 14.8 Å². The number of pyridine rings is 2. The van der Waals surface area contributed by atoms with Gasteiger partial charge in [0.05, 0.1) is 36.2 Å². The van der Waals surface area contributed by atoms with Crippen LogP contribution in [0.1, 0.15) is 24.4 Å². The molecule has 0 saturated carbocycles. The summed E-state index contributed by atoms with van der Waals surface area (Å²) in [4.78, 5) is 21.5. The van der Waals surface area contributed by atoms with Crippen LogP contribution in [0.25, 0.3) is 11.0 Å². The van der Waals surface area contributed by atoms with Crippen LogP contribution in [0, 0.1) is 6.92 Å². The fraction of sp³-hybridized carbons (Fsp3) is 0.421. The predicted molar refractivity (Wildman–Crippen MR) is 103 cm³/mol. The van der Waals surface area contributed by atoms with Crippen molar-refractivity contribution in [2.24, 2.45) is 7.05 Å². The highest BCUT2D eigenvalue weighted by Crippen LogP contribution is 2.27. The zero-order valence-corrected chi connectivity index (χ0v) is 15.7. The van der Waals surface area contributed by atoms with Crippen molar-refractivity contribution in [3.63, 3.8) is 0 Å². The van der Waals surface area contributed by atoms with Crippen LogP contribution in [0.4, 0.5) is 11.5 Å². The Hall–Kier alpha value is -2.87. The topological polar surface area (TPSA) is 83.2 Å². The Kier molecular flexibility index (Phi) is 4.57. The maximum atomic E-state index is 12.8. The molecule has 0 atom stereocenters. The van der Waals surface area contributed by atoms with E-state index in [0.29, 0.717) is 24.9 Å². The van der Waals surface area contributed by atoms with Gasteiger partial charge in [-0.15, -0.1) is 0 Å². The highest BCUT2D eigenvalue weighted by atomic mass is 16.5. The monoisotopic (exact) mass is 369 g/mol. The van der Waals surface area contributed by atoms with Crippen molar-refractivity contribution in [1.82, 2.24) is 19.1 Å². The molecule has 0 aliphatic carbocycles. The highest BCUT2D eigenvalue weighted by Gasteiger charge is 2.22. The number of nitrogens with zero attached hydrogens (tertiary/aromatic N) is 4. The maximum absolute atomic E-state index is 12.8. The van der Waals surface area contributed by atoms with Crippen molar-refractivity contribution >= 4 is 22.5 Å². The first-order valence-electron chi connectivity index (χ1n) is 9.01. The van der Waals surface area contributed by atoms with Gasteiger partial charge in [-0.05, 0) is 25.3 Å². The van der Waals surface area contributed by atoms with Gasteiger partial charge < -0.3 is 14.8 Å². The number of methoxy groups -OCH3 is 1. The summed E-state index contributed by atoms with van der Waals surface area (Å²) < 4.78 is 14.1. The standard InChI is InChI=1S/C19H23N5O3/c1-12-8-18(26-3)21-10-14(12)22-17-9-15-16(11-20-17)23(2)19(25)24(15)13-4-6-27-7-5-13/h8-11,13H,4-7H2,1-3H3,(H,20,22). The van der Waals surface area contributed by atoms with Gasteiger partial charge >= 0.3 is 5.69 Å². The van der Waals surface area contributed by atoms with Crippen LogP contribution in [-0.2, 0) is 11.8 Å². The first kappa shape index (κ1) is 17.5. The molecule has 4 rings (SSSR count). The van der Waals surface area contributed by atoms with Gasteiger partial charge in [0.2, 0.25) is 5.88 Å². The summed E-state index contributed by atoms with van der Waals surface area (Å²) in [6.45, 7) is 3.34. The molecule has 0 unspecified atom stereocenters. The minimum absolute atomic E-state index is 0.0156. The van der Waals surface area contributed by atoms with Gasteiger partial charge in [-0.3, -0.25) is 9.13 Å². The number of aromatic nitrogens is 4. The number of fused-ring (bicyclic) bond motifs is 1. The number of hydrogen-bond acceptors (Lipinski definition) is 6. The molecular weight excluding hydrogens is 346 g/mol. The fourth-order valence-corrected chi connectivity index (χ4v) is 3.53. The lowest BCUT2D eigenvalue weighted by Crippen LogP contribution is -2.29. The molecule has 0 spiro atoms. The Morgan fingerprint density at radius 1 is 1.19 bits per heavy atom. The van der Waals surface area contributed by atoms with Crippen LogP contribution in [-0.4, -0.2) is 39.4 Å². The molecular formula is C19H23N5O3. The summed E-state index contributed by atoms with van der Waals surface area (Å²) in [5.41, 5.74) is 3.53. The molecule has 4 heterocycles. The lowest BCUT2D eigenvalue weighted by atomic mass is 10.1. The van der Waals surface area contributed by atoms with E-state index in [1.807, 2.05) is 23.6 Å². The van der Waals surface area contributed by atoms with Crippen molar-refractivity contribution in [3.8, 4) is 5.88 Å². The number of nitrogens with one attached hydrogen (secondary N) is 1. The average molecular weight is 369 g/mol. The summed E-state index contributed by atoms with van der Waals surface area (Å²) in [7, 11) is 3.38. The summed E-state index contributed by atoms with van der Waals surface area (Å²) >= 11 is 0. The van der Waals surface area contributed by atoms with Crippen molar-refractivity contribution in [1.29, 1.82) is 0 Å². The molecule has 8 heteroatoms. The zero-order chi connectivity index (χ0) is 19.0. The molecule has 142 valence electrons. The molecule has 0 aromatic carbocycles. The van der Waals surface area contributed by atoms with E-state index in [-0.39, 0.29) is 11.7 Å². The van der Waals surface area contributed by atoms with E-state index in [1.165, 1.54) is 0 Å². The van der Waals surface area contributed by atoms with Crippen LogP contribution in [0.3, 0.4) is 0 Å². The number of hydrogen-bond donors (Lipinski definition) is 1. The van der Waals surface area contributed by atoms with Crippen LogP contribution in [0.5, 0.6) is 5.88 Å². The summed E-state index contributed by atoms with van der Waals surface area (Å²) in [5.74, 6) is 1.24. The molecule has 8 nitrogen and oxygen atoms in total. The van der Waals surface area contributed by atoms with Gasteiger partial charge in [0.1, 0.15) is 5.82 Å². The first-order valence-corrected chi connectivity index (χ1v) is 9.01. The number of aryl methyl sites for hydroxylation is 2. The number of imidazole rings is 1. The minimum atomic E-state index is -0.0156. The lowest BCUT2D eigenvalue weighted by Gasteiger charge is -2.23. The van der Waals surface area contributed by atoms with Crippen LogP contribution in [0.15, 0.2) is 29.3 Å². The molecule has 0 radical (unpaired) electrons. The van der Waals surface area contributed by atoms with E-state index in [9.17, 15) is 4.79 Å². The van der Waals surface area contributed by atoms with Crippen molar-refractivity contribution in [2.45, 2.75) is 25.8 Å². The van der Waals surface area contributed by atoms with Crippen LogP contribution in [0.2, 0.25) is 0 Å². The molecule has 1 N–H and O–H groups in total. The Morgan fingerprint density at radius 3 is 2.67 bits per heavy atom. The van der Waals surface area contributed by atoms with E-state index in [0.717, 1.165) is 35.1 Å². The second-order valence-electron chi connectivity index (χ2n) is 6.78. The van der Waals surface area contributed by atoms with E-state index in [4.69, 9.17) is 9.47 Å². The Balaban J connectivity index is 1.74. The minimum Gasteiger partial charge on any atom is -0.481 e. The van der Waals surface area contributed by atoms with Crippen LogP contribution < -0.4 is 15.7 Å². The highest BCUT2D eigenvalue weighted by molar-refractivity contribution is 5.79. The predicted octanol–water partition coefficient (Wildman–Crippen LogP) is 2.54. The Morgan fingerprint density at radius 2 is 1.96 bits per heavy atom. The molecule has 27 heavy (non-hydrogen) atoms. The zero-order valence-electron chi connectivity index (χ0n) is 15.7. The molecule has 1 fully saturated rings. The van der Waals surface area contributed by atoms with Crippen LogP contribution >= 0.6 is 0 Å². The van der Waals surface area contributed by atoms with Gasteiger partial charge in [-0.2, -0.15) is 0 Å². The van der Waals surface area contributed by atoms with E-state index in [2.05, 4.69) is 15.3 Å². The van der Waals surface area contributed by atoms with Gasteiger partial charge in [-0.1, -0.05) is 0 Å². The number of rotatable bonds is 4. The van der Waals surface area contributed by atoms with E-state index < -0.39 is 0 Å². The number of anilines is 2. The molecule has 0 bridgehead atoms. The third kappa shape index (κ3) is 3.16. The van der Waals surface area contributed by atoms with Crippen molar-refractivity contribution in [3.05, 3.63) is 40.6 Å². The average Bonchev–Trinajstić information content (AvgIpc) is 2.94. The third-order valence-corrected chi connectivity index (χ3v) is 5.09. The summed E-state index contributed by atoms with van der Waals surface area (Å²) in [6.07, 6.45) is 5.13. The molecule has 1 aliphatic heterocycles. The second kappa shape index (κ2) is 7.03. The van der Waals surface area contributed by atoms with E-state index >= 15 is 0 Å². The quantitative estimate of drug-likeness (QED) is 0.761. The summed E-state index contributed by atoms with van der Waals surface area (Å²) in [5, 5.41) is 3.30. The molecule has 0 amide bonds. The van der Waals surface area contributed by atoms with E-state index in [1.54, 1.807) is 31.1 Å². The first-order chi connectivity index (χ1) is 13.1. The number of ether oxygens (including phenoxy) is 2. The van der Waals surface area contributed by atoms with Gasteiger partial charge in [0, 0.05) is 38.4 Å². The molecule has 3 aromatic heterocycles. The van der Waals surface area contributed by atoms with Gasteiger partial charge in [0.25, 0.3) is 0 Å². The fourth-order valence-electron chi connectivity index (χ4n) is 3.53. The second-order valence-corrected chi connectivity index (χ2v) is 6.78. The van der Waals surface area contributed by atoms with Gasteiger partial charge in [0.15, 0.2) is 0 Å². The maximum Gasteiger partial charge on any atom is 0.329 e. The van der Waals surface area contributed by atoms with Crippen molar-refractivity contribution in [2.75, 3.05) is 25.6 Å². The SMILES string of the molecule is COc1cc(C)c(Nc2cc3c(cn2)n(C)c(=O)n3C2CCOCC2)cn1. The Labute approximate surface area is 156 Å². The lowest BCUT2D eigenvalue weighted by molar-refractivity contribution is 0.0696.